The SMILES string of the molecule is O=C(Nc1ccccc1)c1c(N=Cc2ccc(OCc3ccc4c(c3)OCO4)cc2)sc2c1CCCC2. The van der Waals surface area contributed by atoms with Crippen LogP contribution in [-0.4, -0.2) is 18.9 Å². The number of nitrogens with zero attached hydrogens (tertiary/aromatic N) is 1. The van der Waals surface area contributed by atoms with Crippen LogP contribution in [0.4, 0.5) is 10.7 Å². The molecule has 1 aromatic heterocycles. The van der Waals surface area contributed by atoms with E-state index >= 15 is 0 Å². The first kappa shape index (κ1) is 23.3. The third-order valence-corrected chi connectivity index (χ3v) is 7.66. The van der Waals surface area contributed by atoms with Gasteiger partial charge < -0.3 is 19.5 Å². The van der Waals surface area contributed by atoms with Crippen molar-refractivity contribution in [3.63, 3.8) is 0 Å². The first-order valence-electron chi connectivity index (χ1n) is 12.4. The number of fused-ring (bicyclic) bond motifs is 2. The van der Waals surface area contributed by atoms with Crippen LogP contribution in [0.1, 0.15) is 44.8 Å². The van der Waals surface area contributed by atoms with E-state index in [2.05, 4.69) is 5.32 Å². The zero-order chi connectivity index (χ0) is 25.0. The largest absolute Gasteiger partial charge is 0.489 e. The van der Waals surface area contributed by atoms with Crippen LogP contribution < -0.4 is 19.5 Å². The van der Waals surface area contributed by atoms with E-state index in [1.807, 2.05) is 79.0 Å². The van der Waals surface area contributed by atoms with Crippen molar-refractivity contribution in [1.82, 2.24) is 0 Å². The first-order valence-corrected chi connectivity index (χ1v) is 13.2. The molecule has 1 N–H and O–H groups in total. The molecule has 0 spiro atoms. The number of thiophene rings is 1. The van der Waals surface area contributed by atoms with E-state index in [-0.39, 0.29) is 12.7 Å². The van der Waals surface area contributed by atoms with E-state index in [4.69, 9.17) is 19.2 Å². The molecule has 2 heterocycles. The molecule has 3 aromatic carbocycles. The fourth-order valence-corrected chi connectivity index (χ4v) is 5.80. The van der Waals surface area contributed by atoms with E-state index in [1.165, 1.54) is 4.88 Å². The van der Waals surface area contributed by atoms with Gasteiger partial charge in [-0.2, -0.15) is 0 Å². The monoisotopic (exact) mass is 510 g/mol. The Morgan fingerprint density at radius 1 is 0.973 bits per heavy atom. The Hall–Kier alpha value is -4.10. The van der Waals surface area contributed by atoms with Crippen LogP contribution in [0.5, 0.6) is 17.2 Å². The maximum Gasteiger partial charge on any atom is 0.259 e. The lowest BCUT2D eigenvalue weighted by molar-refractivity contribution is 0.102. The van der Waals surface area contributed by atoms with Crippen molar-refractivity contribution in [3.8, 4) is 17.2 Å². The van der Waals surface area contributed by atoms with E-state index in [0.717, 1.165) is 70.3 Å². The fraction of sp³-hybridized carbons (Fsp3) is 0.200. The molecule has 0 radical (unpaired) electrons. The molecule has 186 valence electrons. The lowest BCUT2D eigenvalue weighted by Gasteiger charge is -2.12. The van der Waals surface area contributed by atoms with Gasteiger partial charge in [-0.3, -0.25) is 4.79 Å². The molecule has 0 atom stereocenters. The lowest BCUT2D eigenvalue weighted by atomic mass is 9.95. The summed E-state index contributed by atoms with van der Waals surface area (Å²) in [6.07, 6.45) is 6.01. The highest BCUT2D eigenvalue weighted by Gasteiger charge is 2.25. The van der Waals surface area contributed by atoms with Crippen molar-refractivity contribution in [2.45, 2.75) is 32.3 Å². The summed E-state index contributed by atoms with van der Waals surface area (Å²) >= 11 is 1.63. The third-order valence-electron chi connectivity index (χ3n) is 6.46. The molecule has 6 nitrogen and oxygen atoms in total. The molecule has 4 aromatic rings. The predicted octanol–water partition coefficient (Wildman–Crippen LogP) is 6.94. The maximum atomic E-state index is 13.3. The number of carbonyl (C=O) groups is 1. The van der Waals surface area contributed by atoms with Gasteiger partial charge in [-0.15, -0.1) is 11.3 Å². The van der Waals surface area contributed by atoms with Crippen molar-refractivity contribution < 1.29 is 19.0 Å². The quantitative estimate of drug-likeness (QED) is 0.274. The molecule has 1 amide bonds. The smallest absolute Gasteiger partial charge is 0.259 e. The van der Waals surface area contributed by atoms with Gasteiger partial charge in [0.25, 0.3) is 5.91 Å². The van der Waals surface area contributed by atoms with Gasteiger partial charge in [0.2, 0.25) is 6.79 Å². The number of hydrogen-bond acceptors (Lipinski definition) is 6. The minimum absolute atomic E-state index is 0.0926. The Labute approximate surface area is 219 Å². The Morgan fingerprint density at radius 2 is 1.78 bits per heavy atom. The normalized spacial score (nSPS) is 13.9. The number of ether oxygens (including phenoxy) is 3. The number of aliphatic imine (C=N–C) groups is 1. The lowest BCUT2D eigenvalue weighted by Crippen LogP contribution is -2.14. The van der Waals surface area contributed by atoms with E-state index in [0.29, 0.717) is 12.2 Å². The van der Waals surface area contributed by atoms with Gasteiger partial charge in [0.1, 0.15) is 17.4 Å². The zero-order valence-corrected chi connectivity index (χ0v) is 21.1. The summed E-state index contributed by atoms with van der Waals surface area (Å²) in [5, 5.41) is 3.81. The average Bonchev–Trinajstić information content (AvgIpc) is 3.56. The Balaban J connectivity index is 1.16. The number of para-hydroxylation sites is 1. The second-order valence-corrected chi connectivity index (χ2v) is 10.1. The number of benzene rings is 3. The molecule has 0 saturated carbocycles. The first-order chi connectivity index (χ1) is 18.2. The summed E-state index contributed by atoms with van der Waals surface area (Å²) in [4.78, 5) is 19.3. The third kappa shape index (κ3) is 5.22. The van der Waals surface area contributed by atoms with Gasteiger partial charge in [-0.05, 0) is 90.9 Å². The van der Waals surface area contributed by atoms with Crippen LogP contribution in [-0.2, 0) is 19.4 Å². The number of nitrogens with one attached hydrogen (secondary N) is 1. The number of anilines is 1. The standard InChI is InChI=1S/C30H26N2O4S/c33-29(32-22-6-2-1-3-7-22)28-24-8-4-5-9-27(24)37-30(28)31-17-20-10-13-23(14-11-20)34-18-21-12-15-25-26(16-21)36-19-35-25/h1-3,6-7,10-17H,4-5,8-9,18-19H2,(H,32,33). The Kier molecular flexibility index (Phi) is 6.60. The van der Waals surface area contributed by atoms with Crippen molar-refractivity contribution in [3.05, 3.63) is 99.9 Å². The van der Waals surface area contributed by atoms with Gasteiger partial charge in [-0.25, -0.2) is 4.99 Å². The Morgan fingerprint density at radius 3 is 2.65 bits per heavy atom. The highest BCUT2D eigenvalue weighted by atomic mass is 32.1. The summed E-state index contributed by atoms with van der Waals surface area (Å²) in [5.41, 5.74) is 4.61. The van der Waals surface area contributed by atoms with Crippen LogP contribution in [0, 0.1) is 0 Å². The van der Waals surface area contributed by atoms with E-state index in [1.54, 1.807) is 11.3 Å². The summed E-state index contributed by atoms with van der Waals surface area (Å²) in [7, 11) is 0. The van der Waals surface area contributed by atoms with E-state index < -0.39 is 0 Å². The highest BCUT2D eigenvalue weighted by Crippen LogP contribution is 2.40. The molecule has 6 rings (SSSR count). The number of carbonyl (C=O) groups excluding carboxylic acids is 1. The molecule has 37 heavy (non-hydrogen) atoms. The molecule has 0 saturated heterocycles. The number of amides is 1. The minimum Gasteiger partial charge on any atom is -0.489 e. The summed E-state index contributed by atoms with van der Waals surface area (Å²) in [6, 6.07) is 23.2. The second kappa shape index (κ2) is 10.5. The van der Waals surface area contributed by atoms with Gasteiger partial charge in [-0.1, -0.05) is 24.3 Å². The van der Waals surface area contributed by atoms with Crippen molar-refractivity contribution in [2.24, 2.45) is 4.99 Å². The summed E-state index contributed by atoms with van der Waals surface area (Å²) < 4.78 is 16.7. The van der Waals surface area contributed by atoms with Crippen molar-refractivity contribution in [2.75, 3.05) is 12.1 Å². The zero-order valence-electron chi connectivity index (χ0n) is 20.2. The van der Waals surface area contributed by atoms with Crippen molar-refractivity contribution >= 4 is 34.1 Å². The molecule has 1 aliphatic carbocycles. The molecular formula is C30H26N2O4S. The van der Waals surface area contributed by atoms with Crippen LogP contribution in [0.3, 0.4) is 0 Å². The summed E-state index contributed by atoms with van der Waals surface area (Å²) in [5.74, 6) is 2.19. The molecule has 1 aliphatic heterocycles. The van der Waals surface area contributed by atoms with Crippen molar-refractivity contribution in [1.29, 1.82) is 0 Å². The fourth-order valence-electron chi connectivity index (χ4n) is 4.57. The van der Waals surface area contributed by atoms with Crippen LogP contribution in [0.15, 0.2) is 77.8 Å². The molecule has 0 fully saturated rings. The Bertz CT molecular complexity index is 1440. The molecule has 0 bridgehead atoms. The minimum atomic E-state index is -0.0926. The second-order valence-electron chi connectivity index (χ2n) is 9.01. The van der Waals surface area contributed by atoms with Gasteiger partial charge in [0, 0.05) is 16.8 Å². The summed E-state index contributed by atoms with van der Waals surface area (Å²) in [6.45, 7) is 0.695. The molecule has 7 heteroatoms. The number of hydrogen-bond donors (Lipinski definition) is 1. The number of rotatable bonds is 7. The van der Waals surface area contributed by atoms with Gasteiger partial charge in [0.05, 0.1) is 5.56 Å². The predicted molar refractivity (Wildman–Crippen MR) is 146 cm³/mol. The highest BCUT2D eigenvalue weighted by molar-refractivity contribution is 7.16. The van der Waals surface area contributed by atoms with Crippen LogP contribution >= 0.6 is 11.3 Å². The average molecular weight is 511 g/mol. The molecular weight excluding hydrogens is 484 g/mol. The van der Waals surface area contributed by atoms with E-state index in [9.17, 15) is 4.79 Å². The van der Waals surface area contributed by atoms with Gasteiger partial charge >= 0.3 is 0 Å². The van der Waals surface area contributed by atoms with Crippen LogP contribution in [0.2, 0.25) is 0 Å². The maximum absolute atomic E-state index is 13.3. The number of aryl methyl sites for hydroxylation is 1. The topological polar surface area (TPSA) is 69.2 Å². The van der Waals surface area contributed by atoms with Crippen LogP contribution in [0.25, 0.3) is 0 Å². The molecule has 0 unspecified atom stereocenters. The van der Waals surface area contributed by atoms with Gasteiger partial charge in [0.15, 0.2) is 11.5 Å². The molecule has 2 aliphatic rings.